The summed E-state index contributed by atoms with van der Waals surface area (Å²) in [6, 6.07) is 18.5. The highest BCUT2D eigenvalue weighted by Gasteiger charge is 2.13. The predicted molar refractivity (Wildman–Crippen MR) is 106 cm³/mol. The number of aromatic nitrogens is 5. The molecule has 2 N–H and O–H groups in total. The molecule has 2 aromatic carbocycles. The number of rotatable bonds is 3. The van der Waals surface area contributed by atoms with Gasteiger partial charge in [-0.15, -0.1) is 0 Å². The van der Waals surface area contributed by atoms with E-state index in [4.69, 9.17) is 4.98 Å². The summed E-state index contributed by atoms with van der Waals surface area (Å²) < 4.78 is 1.42. The fourth-order valence-corrected chi connectivity index (χ4v) is 3.43. The maximum atomic E-state index is 12.6. The Labute approximate surface area is 158 Å². The lowest BCUT2D eigenvalue weighted by Gasteiger charge is -2.05. The molecule has 7 nitrogen and oxygen atoms in total. The van der Waals surface area contributed by atoms with Crippen LogP contribution in [0.2, 0.25) is 0 Å². The Morgan fingerprint density at radius 2 is 1.68 bits per heavy atom. The first-order valence-electron chi connectivity index (χ1n) is 8.82. The van der Waals surface area contributed by atoms with Crippen LogP contribution in [0.5, 0.6) is 0 Å². The lowest BCUT2D eigenvalue weighted by molar-refractivity contribution is 0.867. The molecule has 28 heavy (non-hydrogen) atoms. The molecule has 0 radical (unpaired) electrons. The number of hydrogen-bond donors (Lipinski definition) is 2. The second-order valence-electron chi connectivity index (χ2n) is 6.52. The van der Waals surface area contributed by atoms with Crippen LogP contribution in [-0.2, 0) is 6.42 Å². The van der Waals surface area contributed by atoms with E-state index in [-0.39, 0.29) is 11.1 Å². The Hall–Kier alpha value is -4.00. The molecular weight excluding hydrogens is 354 g/mol. The van der Waals surface area contributed by atoms with Crippen molar-refractivity contribution in [3.63, 3.8) is 0 Å². The summed E-state index contributed by atoms with van der Waals surface area (Å²) in [6.07, 6.45) is 2.11. The highest BCUT2D eigenvalue weighted by atomic mass is 16.1. The number of fused-ring (bicyclic) bond motifs is 2. The molecular formula is C21H15N5O2. The summed E-state index contributed by atoms with van der Waals surface area (Å²) in [5, 5.41) is 11.0. The second-order valence-corrected chi connectivity index (χ2v) is 6.52. The third-order valence-electron chi connectivity index (χ3n) is 4.76. The molecule has 0 saturated carbocycles. The molecule has 3 heterocycles. The van der Waals surface area contributed by atoms with Gasteiger partial charge in [0, 0.05) is 29.6 Å². The van der Waals surface area contributed by atoms with Gasteiger partial charge in [-0.2, -0.15) is 5.10 Å². The van der Waals surface area contributed by atoms with Gasteiger partial charge in [-0.25, -0.2) is 14.6 Å². The van der Waals surface area contributed by atoms with Crippen molar-refractivity contribution in [1.82, 2.24) is 24.8 Å². The highest BCUT2D eigenvalue weighted by Crippen LogP contribution is 2.23. The molecule has 0 fully saturated rings. The molecule has 5 aromatic rings. The quantitative estimate of drug-likeness (QED) is 0.511. The van der Waals surface area contributed by atoms with Crippen molar-refractivity contribution in [2.24, 2.45) is 0 Å². The van der Waals surface area contributed by atoms with Crippen molar-refractivity contribution in [1.29, 1.82) is 0 Å². The molecule has 0 aliphatic heterocycles. The van der Waals surface area contributed by atoms with E-state index in [1.165, 1.54) is 10.6 Å². The molecule has 0 bridgehead atoms. The average Bonchev–Trinajstić information content (AvgIpc) is 3.16. The van der Waals surface area contributed by atoms with Crippen LogP contribution in [-0.4, -0.2) is 24.8 Å². The first-order valence-corrected chi connectivity index (χ1v) is 8.82. The average molecular weight is 369 g/mol. The van der Waals surface area contributed by atoms with Gasteiger partial charge < -0.3 is 0 Å². The van der Waals surface area contributed by atoms with Crippen LogP contribution in [0, 0.1) is 0 Å². The minimum atomic E-state index is -0.236. The van der Waals surface area contributed by atoms with Gasteiger partial charge in [0.05, 0.1) is 16.8 Å². The van der Waals surface area contributed by atoms with Gasteiger partial charge >= 0.3 is 0 Å². The van der Waals surface area contributed by atoms with E-state index < -0.39 is 0 Å². The Morgan fingerprint density at radius 3 is 2.50 bits per heavy atom. The monoisotopic (exact) mass is 369 g/mol. The summed E-state index contributed by atoms with van der Waals surface area (Å²) in [7, 11) is 0. The van der Waals surface area contributed by atoms with Crippen LogP contribution in [0.3, 0.4) is 0 Å². The lowest BCUT2D eigenvalue weighted by Crippen LogP contribution is -2.17. The van der Waals surface area contributed by atoms with Gasteiger partial charge in [0.15, 0.2) is 5.65 Å². The lowest BCUT2D eigenvalue weighted by atomic mass is 10.1. The van der Waals surface area contributed by atoms with E-state index in [1.807, 2.05) is 48.5 Å². The SMILES string of the molecule is O=c1[nH]nc(Cc2cc(=O)n3[nH]cc(-c4ccccc4)c3n2)c2ccccc12. The largest absolute Gasteiger partial charge is 0.296 e. The zero-order valence-corrected chi connectivity index (χ0v) is 14.7. The number of aromatic amines is 2. The van der Waals surface area contributed by atoms with E-state index in [0.717, 1.165) is 16.5 Å². The van der Waals surface area contributed by atoms with Gasteiger partial charge in [-0.3, -0.25) is 14.7 Å². The summed E-state index contributed by atoms with van der Waals surface area (Å²) in [4.78, 5) is 29.3. The minimum absolute atomic E-state index is 0.198. The van der Waals surface area contributed by atoms with E-state index >= 15 is 0 Å². The predicted octanol–water partition coefficient (Wildman–Crippen LogP) is 2.52. The Morgan fingerprint density at radius 1 is 0.929 bits per heavy atom. The molecule has 0 amide bonds. The maximum absolute atomic E-state index is 12.6. The van der Waals surface area contributed by atoms with Gasteiger partial charge in [0.2, 0.25) is 0 Å². The summed E-state index contributed by atoms with van der Waals surface area (Å²) in [5.74, 6) is 0. The van der Waals surface area contributed by atoms with E-state index in [0.29, 0.717) is 28.8 Å². The van der Waals surface area contributed by atoms with Crippen molar-refractivity contribution in [3.8, 4) is 11.1 Å². The highest BCUT2D eigenvalue weighted by molar-refractivity contribution is 5.83. The third kappa shape index (κ3) is 2.61. The van der Waals surface area contributed by atoms with Gasteiger partial charge in [-0.1, -0.05) is 48.5 Å². The number of nitrogens with one attached hydrogen (secondary N) is 2. The van der Waals surface area contributed by atoms with E-state index in [9.17, 15) is 9.59 Å². The van der Waals surface area contributed by atoms with Crippen LogP contribution >= 0.6 is 0 Å². The molecule has 0 atom stereocenters. The van der Waals surface area contributed by atoms with Crippen molar-refractivity contribution in [3.05, 3.63) is 99.0 Å². The smallest absolute Gasteiger partial charge is 0.272 e. The standard InChI is InChI=1S/C21H15N5O2/c27-19-11-14(10-18-15-8-4-5-9-16(15)21(28)25-24-18)23-20-17(12-22-26(19)20)13-6-2-1-3-7-13/h1-9,11-12,22H,10H2,(H,25,28). The summed E-state index contributed by atoms with van der Waals surface area (Å²) in [6.45, 7) is 0. The van der Waals surface area contributed by atoms with Crippen LogP contribution < -0.4 is 11.1 Å². The van der Waals surface area contributed by atoms with Crippen molar-refractivity contribution < 1.29 is 0 Å². The molecule has 3 aromatic heterocycles. The van der Waals surface area contributed by atoms with Gasteiger partial charge in [0.1, 0.15) is 0 Å². The fourth-order valence-electron chi connectivity index (χ4n) is 3.43. The van der Waals surface area contributed by atoms with Gasteiger partial charge in [-0.05, 0) is 11.6 Å². The zero-order chi connectivity index (χ0) is 19.1. The molecule has 0 aliphatic carbocycles. The van der Waals surface area contributed by atoms with Crippen LogP contribution in [0.1, 0.15) is 11.4 Å². The topological polar surface area (TPSA) is 95.9 Å². The molecule has 0 spiro atoms. The Bertz CT molecular complexity index is 1430. The number of nitrogens with zero attached hydrogens (tertiary/aromatic N) is 3. The van der Waals surface area contributed by atoms with Crippen LogP contribution in [0.15, 0.2) is 76.4 Å². The van der Waals surface area contributed by atoms with Crippen molar-refractivity contribution in [2.45, 2.75) is 6.42 Å². The fraction of sp³-hybridized carbons (Fsp3) is 0.0476. The van der Waals surface area contributed by atoms with Gasteiger partial charge in [0.25, 0.3) is 11.1 Å². The molecule has 0 aliphatic rings. The Kier molecular flexibility index (Phi) is 3.65. The minimum Gasteiger partial charge on any atom is -0.296 e. The van der Waals surface area contributed by atoms with Crippen molar-refractivity contribution in [2.75, 3.05) is 0 Å². The van der Waals surface area contributed by atoms with Crippen LogP contribution in [0.4, 0.5) is 0 Å². The first-order chi connectivity index (χ1) is 13.7. The van der Waals surface area contributed by atoms with Crippen molar-refractivity contribution >= 4 is 16.4 Å². The number of benzene rings is 2. The van der Waals surface area contributed by atoms with E-state index in [2.05, 4.69) is 15.3 Å². The maximum Gasteiger partial charge on any atom is 0.272 e. The van der Waals surface area contributed by atoms with E-state index in [1.54, 1.807) is 12.3 Å². The third-order valence-corrected chi connectivity index (χ3v) is 4.76. The summed E-state index contributed by atoms with van der Waals surface area (Å²) in [5.41, 5.74) is 3.20. The molecule has 0 saturated heterocycles. The zero-order valence-electron chi connectivity index (χ0n) is 14.7. The van der Waals surface area contributed by atoms with Crippen LogP contribution in [0.25, 0.3) is 27.5 Å². The number of H-pyrrole nitrogens is 2. The summed E-state index contributed by atoms with van der Waals surface area (Å²) >= 11 is 0. The molecule has 5 rings (SSSR count). The second kappa shape index (κ2) is 6.31. The first kappa shape index (κ1) is 16.2. The Balaban J connectivity index is 1.66. The molecule has 136 valence electrons. The number of hydrogen-bond acceptors (Lipinski definition) is 4. The molecule has 0 unspecified atom stereocenters. The normalized spacial score (nSPS) is 11.3. The molecule has 7 heteroatoms.